The van der Waals surface area contributed by atoms with Gasteiger partial charge in [-0.15, -0.1) is 11.3 Å². The number of hydrogen-bond acceptors (Lipinski definition) is 5. The first-order valence-electron chi connectivity index (χ1n) is 12.1. The van der Waals surface area contributed by atoms with E-state index in [1.54, 1.807) is 13.0 Å². The molecule has 37 heavy (non-hydrogen) atoms. The van der Waals surface area contributed by atoms with Crippen molar-refractivity contribution in [3.8, 4) is 16.9 Å². The highest BCUT2D eigenvalue weighted by Crippen LogP contribution is 2.37. The van der Waals surface area contributed by atoms with E-state index in [1.807, 2.05) is 92.0 Å². The summed E-state index contributed by atoms with van der Waals surface area (Å²) in [5.41, 5.74) is 6.28. The van der Waals surface area contributed by atoms with Crippen LogP contribution in [0.1, 0.15) is 39.5 Å². The van der Waals surface area contributed by atoms with Crippen LogP contribution in [0.3, 0.4) is 0 Å². The molecular formula is C31H29NO4S. The molecule has 0 spiro atoms. The molecule has 0 aliphatic heterocycles. The van der Waals surface area contributed by atoms with Crippen LogP contribution in [0.5, 0.6) is 5.75 Å². The first-order valence-corrected chi connectivity index (χ1v) is 12.9. The highest BCUT2D eigenvalue weighted by Gasteiger charge is 2.22. The maximum atomic E-state index is 12.8. The molecule has 0 saturated carbocycles. The maximum absolute atomic E-state index is 12.8. The molecule has 188 valence electrons. The molecule has 6 heteroatoms. The molecule has 0 saturated heterocycles. The van der Waals surface area contributed by atoms with Crippen molar-refractivity contribution in [2.75, 3.05) is 11.9 Å². The predicted octanol–water partition coefficient (Wildman–Crippen LogP) is 7.44. The number of benzene rings is 3. The molecule has 0 fully saturated rings. The molecule has 1 aromatic heterocycles. The van der Waals surface area contributed by atoms with Crippen molar-refractivity contribution < 1.29 is 19.1 Å². The monoisotopic (exact) mass is 511 g/mol. The van der Waals surface area contributed by atoms with E-state index < -0.39 is 5.97 Å². The minimum atomic E-state index is -0.456. The molecule has 4 rings (SSSR count). The zero-order chi connectivity index (χ0) is 26.2. The van der Waals surface area contributed by atoms with Crippen molar-refractivity contribution in [3.05, 3.63) is 112 Å². The fraction of sp³-hybridized carbons (Fsp3) is 0.161. The highest BCUT2D eigenvalue weighted by molar-refractivity contribution is 7.15. The van der Waals surface area contributed by atoms with Gasteiger partial charge in [0.15, 0.2) is 0 Å². The Labute approximate surface area is 221 Å². The molecule has 1 heterocycles. The third-order valence-electron chi connectivity index (χ3n) is 5.88. The molecule has 0 aliphatic rings. The van der Waals surface area contributed by atoms with Gasteiger partial charge in [-0.05, 0) is 66.8 Å². The average Bonchev–Trinajstić information content (AvgIpc) is 3.32. The van der Waals surface area contributed by atoms with Crippen LogP contribution < -0.4 is 10.1 Å². The summed E-state index contributed by atoms with van der Waals surface area (Å²) in [6.45, 7) is 6.58. The highest BCUT2D eigenvalue weighted by atomic mass is 32.1. The van der Waals surface area contributed by atoms with Gasteiger partial charge in [-0.3, -0.25) is 4.79 Å². The van der Waals surface area contributed by atoms with Gasteiger partial charge in [-0.1, -0.05) is 60.7 Å². The van der Waals surface area contributed by atoms with Crippen LogP contribution in [0.25, 0.3) is 17.2 Å². The second-order valence-electron chi connectivity index (χ2n) is 8.54. The van der Waals surface area contributed by atoms with Gasteiger partial charge >= 0.3 is 5.97 Å². The van der Waals surface area contributed by atoms with Gasteiger partial charge < -0.3 is 14.8 Å². The molecule has 3 aromatic carbocycles. The van der Waals surface area contributed by atoms with Crippen molar-refractivity contribution in [1.29, 1.82) is 0 Å². The fourth-order valence-electron chi connectivity index (χ4n) is 3.72. The van der Waals surface area contributed by atoms with Crippen LogP contribution in [0, 0.1) is 13.8 Å². The zero-order valence-electron chi connectivity index (χ0n) is 21.1. The molecule has 0 bridgehead atoms. The summed E-state index contributed by atoms with van der Waals surface area (Å²) in [5, 5.41) is 5.20. The van der Waals surface area contributed by atoms with Crippen LogP contribution in [-0.4, -0.2) is 18.5 Å². The van der Waals surface area contributed by atoms with Crippen LogP contribution in [-0.2, 0) is 16.1 Å². The average molecular weight is 512 g/mol. The summed E-state index contributed by atoms with van der Waals surface area (Å²) < 4.78 is 11.1. The Balaban J connectivity index is 1.45. The molecule has 0 radical (unpaired) electrons. The first-order chi connectivity index (χ1) is 17.9. The predicted molar refractivity (Wildman–Crippen MR) is 150 cm³/mol. The van der Waals surface area contributed by atoms with Gasteiger partial charge in [0.1, 0.15) is 22.9 Å². The van der Waals surface area contributed by atoms with Gasteiger partial charge in [-0.2, -0.15) is 0 Å². The number of hydrogen-bond donors (Lipinski definition) is 1. The number of amides is 1. The number of thiophene rings is 1. The standard InChI is InChI=1S/C31H29NO4S/c1-4-35-31(34)29-27(25-14-10-21(2)22(3)18-25)20-37-30(29)32-28(33)17-13-23-11-15-26(16-12-23)36-19-24-8-6-5-7-9-24/h5-18,20H,4,19H2,1-3H3,(H,32,33). The quantitative estimate of drug-likeness (QED) is 0.187. The molecule has 1 amide bonds. The van der Waals surface area contributed by atoms with Crippen LogP contribution >= 0.6 is 11.3 Å². The van der Waals surface area contributed by atoms with E-state index in [2.05, 4.69) is 5.32 Å². The first kappa shape index (κ1) is 25.9. The van der Waals surface area contributed by atoms with Crippen LogP contribution in [0.15, 0.2) is 84.3 Å². The number of carbonyl (C=O) groups excluding carboxylic acids is 2. The van der Waals surface area contributed by atoms with Crippen LogP contribution in [0.2, 0.25) is 0 Å². The number of carbonyl (C=O) groups is 2. The van der Waals surface area contributed by atoms with Crippen LogP contribution in [0.4, 0.5) is 5.00 Å². The Morgan fingerprint density at radius 3 is 2.41 bits per heavy atom. The van der Waals surface area contributed by atoms with E-state index in [4.69, 9.17) is 9.47 Å². The number of nitrogens with one attached hydrogen (secondary N) is 1. The minimum Gasteiger partial charge on any atom is -0.489 e. The van der Waals surface area contributed by atoms with Crippen molar-refractivity contribution in [2.24, 2.45) is 0 Å². The summed E-state index contributed by atoms with van der Waals surface area (Å²) in [6, 6.07) is 23.5. The molecule has 5 nitrogen and oxygen atoms in total. The van der Waals surface area contributed by atoms with Crippen molar-refractivity contribution in [2.45, 2.75) is 27.4 Å². The maximum Gasteiger partial charge on any atom is 0.341 e. The Hall–Kier alpha value is -4.16. The summed E-state index contributed by atoms with van der Waals surface area (Å²) in [4.78, 5) is 25.5. The normalized spacial score (nSPS) is 10.9. The summed E-state index contributed by atoms with van der Waals surface area (Å²) in [6.07, 6.45) is 3.17. The number of ether oxygens (including phenoxy) is 2. The molecular weight excluding hydrogens is 482 g/mol. The van der Waals surface area contributed by atoms with Crippen molar-refractivity contribution in [1.82, 2.24) is 0 Å². The van der Waals surface area contributed by atoms with E-state index in [0.717, 1.165) is 33.6 Å². The van der Waals surface area contributed by atoms with Gasteiger partial charge in [0.2, 0.25) is 5.91 Å². The number of esters is 1. The second-order valence-corrected chi connectivity index (χ2v) is 9.42. The van der Waals surface area contributed by atoms with E-state index in [1.165, 1.54) is 23.0 Å². The summed E-state index contributed by atoms with van der Waals surface area (Å²) in [7, 11) is 0. The SMILES string of the molecule is CCOC(=O)c1c(-c2ccc(C)c(C)c2)csc1NC(=O)C=Cc1ccc(OCc2ccccc2)cc1. The van der Waals surface area contributed by atoms with Crippen molar-refractivity contribution in [3.63, 3.8) is 0 Å². The van der Waals surface area contributed by atoms with Gasteiger partial charge in [0.05, 0.1) is 6.61 Å². The molecule has 0 unspecified atom stereocenters. The van der Waals surface area contributed by atoms with Gasteiger partial charge in [-0.25, -0.2) is 4.79 Å². The second kappa shape index (κ2) is 12.2. The zero-order valence-corrected chi connectivity index (χ0v) is 21.9. The Morgan fingerprint density at radius 2 is 1.70 bits per heavy atom. The van der Waals surface area contributed by atoms with Gasteiger partial charge in [0.25, 0.3) is 0 Å². The van der Waals surface area contributed by atoms with E-state index >= 15 is 0 Å². The Bertz CT molecular complexity index is 1410. The molecule has 0 aliphatic carbocycles. The Morgan fingerprint density at radius 1 is 0.946 bits per heavy atom. The van der Waals surface area contributed by atoms with E-state index in [9.17, 15) is 9.59 Å². The molecule has 1 N–H and O–H groups in total. The lowest BCUT2D eigenvalue weighted by atomic mass is 9.99. The molecule has 0 atom stereocenters. The topological polar surface area (TPSA) is 64.6 Å². The summed E-state index contributed by atoms with van der Waals surface area (Å²) in [5.74, 6) is -0.0345. The third-order valence-corrected chi connectivity index (χ3v) is 6.78. The number of rotatable bonds is 9. The van der Waals surface area contributed by atoms with E-state index in [-0.39, 0.29) is 12.5 Å². The number of anilines is 1. The summed E-state index contributed by atoms with van der Waals surface area (Å²) >= 11 is 1.31. The van der Waals surface area contributed by atoms with Crippen molar-refractivity contribution >= 4 is 34.3 Å². The smallest absolute Gasteiger partial charge is 0.341 e. The lowest BCUT2D eigenvalue weighted by Gasteiger charge is -2.09. The van der Waals surface area contributed by atoms with Gasteiger partial charge in [0, 0.05) is 17.0 Å². The lowest BCUT2D eigenvalue weighted by molar-refractivity contribution is -0.111. The van der Waals surface area contributed by atoms with E-state index in [0.29, 0.717) is 17.2 Å². The third kappa shape index (κ3) is 6.74. The minimum absolute atomic E-state index is 0.249. The Kier molecular flexibility index (Phi) is 8.54. The fourth-order valence-corrected chi connectivity index (χ4v) is 4.68. The largest absolute Gasteiger partial charge is 0.489 e. The lowest BCUT2D eigenvalue weighted by Crippen LogP contribution is -2.12. The number of aryl methyl sites for hydroxylation is 2. The molecule has 4 aromatic rings.